The Hall–Kier alpha value is -2.08. The number of carbonyl (C=O) groups excluding carboxylic acids is 2. The van der Waals surface area contributed by atoms with Gasteiger partial charge >= 0.3 is 0 Å². The zero-order valence-corrected chi connectivity index (χ0v) is 16.4. The number of nitrogens with one attached hydrogen (secondary N) is 1. The van der Waals surface area contributed by atoms with Crippen molar-refractivity contribution in [2.45, 2.75) is 13.0 Å². The number of hydrogen-bond acceptors (Lipinski definition) is 2. The zero-order valence-electron chi connectivity index (χ0n) is 14.9. The first kappa shape index (κ1) is 20.2. The number of rotatable bonds is 6. The molecule has 0 aromatic heterocycles. The molecule has 3 N–H and O–H groups in total. The van der Waals surface area contributed by atoms with E-state index in [0.29, 0.717) is 21.3 Å². The lowest BCUT2D eigenvalue weighted by Gasteiger charge is -2.13. The monoisotopic (exact) mass is 394 g/mol. The first-order chi connectivity index (χ1) is 12.3. The fourth-order valence-electron chi connectivity index (χ4n) is 2.45. The Balaban J connectivity index is 1.89. The predicted octanol–water partition coefficient (Wildman–Crippen LogP) is 2.96. The van der Waals surface area contributed by atoms with Gasteiger partial charge in [-0.05, 0) is 43.3 Å². The number of hydrogen-bond donors (Lipinski definition) is 2. The van der Waals surface area contributed by atoms with E-state index in [0.717, 1.165) is 5.56 Å². The molecular formula is C19H22Cl2N3O2+. The summed E-state index contributed by atoms with van der Waals surface area (Å²) in [5, 5.41) is 5.89. The molecule has 0 bridgehead atoms. The molecule has 0 aliphatic rings. The molecular weight excluding hydrogens is 373 g/mol. The van der Waals surface area contributed by atoms with Crippen LogP contribution in [0.4, 0.5) is 5.69 Å². The topological polar surface area (TPSA) is 66.0 Å². The van der Waals surface area contributed by atoms with Crippen molar-refractivity contribution in [3.05, 3.63) is 63.6 Å². The van der Waals surface area contributed by atoms with Crippen LogP contribution < -0.4 is 10.6 Å². The number of nitrogens with two attached hydrogens (primary N) is 1. The third-order valence-electron chi connectivity index (χ3n) is 3.93. The van der Waals surface area contributed by atoms with E-state index < -0.39 is 0 Å². The maximum atomic E-state index is 12.1. The number of amides is 2. The van der Waals surface area contributed by atoms with Crippen molar-refractivity contribution < 1.29 is 14.9 Å². The molecule has 0 unspecified atom stereocenters. The average Bonchev–Trinajstić information content (AvgIpc) is 2.59. The summed E-state index contributed by atoms with van der Waals surface area (Å²) in [5.41, 5.74) is 2.15. The molecule has 0 heterocycles. The summed E-state index contributed by atoms with van der Waals surface area (Å²) in [5.74, 6) is -0.210. The third kappa shape index (κ3) is 5.46. The molecule has 2 rings (SSSR count). The SMILES string of the molecule is C[C@H]([NH2+]CC(=O)Nc1ccc(C(=O)N(C)C)cc1)c1ccc(Cl)cc1Cl. The van der Waals surface area contributed by atoms with Crippen molar-refractivity contribution in [3.63, 3.8) is 0 Å². The van der Waals surface area contributed by atoms with E-state index in [1.165, 1.54) is 4.90 Å². The van der Waals surface area contributed by atoms with Crippen LogP contribution in [0.2, 0.25) is 10.0 Å². The second-order valence-corrected chi connectivity index (χ2v) is 7.06. The predicted molar refractivity (Wildman–Crippen MR) is 105 cm³/mol. The summed E-state index contributed by atoms with van der Waals surface area (Å²) < 4.78 is 0. The second kappa shape index (κ2) is 9.03. The van der Waals surface area contributed by atoms with Gasteiger partial charge in [-0.1, -0.05) is 29.3 Å². The molecule has 1 atom stereocenters. The molecule has 2 aromatic rings. The quantitative estimate of drug-likeness (QED) is 0.790. The second-order valence-electron chi connectivity index (χ2n) is 6.22. The Labute approximate surface area is 163 Å². The van der Waals surface area contributed by atoms with Crippen molar-refractivity contribution in [2.24, 2.45) is 0 Å². The highest BCUT2D eigenvalue weighted by molar-refractivity contribution is 6.35. The van der Waals surface area contributed by atoms with Gasteiger partial charge in [0.05, 0.1) is 5.02 Å². The lowest BCUT2D eigenvalue weighted by molar-refractivity contribution is -0.682. The first-order valence-electron chi connectivity index (χ1n) is 8.17. The van der Waals surface area contributed by atoms with Crippen LogP contribution in [0.1, 0.15) is 28.9 Å². The molecule has 0 aliphatic heterocycles. The Morgan fingerprint density at radius 1 is 1.12 bits per heavy atom. The molecule has 7 heteroatoms. The van der Waals surface area contributed by atoms with Crippen molar-refractivity contribution >= 4 is 40.7 Å². The number of halogens is 2. The van der Waals surface area contributed by atoms with Crippen molar-refractivity contribution in [1.82, 2.24) is 4.90 Å². The largest absolute Gasteiger partial charge is 0.345 e. The van der Waals surface area contributed by atoms with Gasteiger partial charge in [-0.2, -0.15) is 0 Å². The maximum Gasteiger partial charge on any atom is 0.279 e. The number of carbonyl (C=O) groups is 2. The molecule has 0 spiro atoms. The third-order valence-corrected chi connectivity index (χ3v) is 4.49. The smallest absolute Gasteiger partial charge is 0.279 e. The number of quaternary nitrogens is 1. The first-order valence-corrected chi connectivity index (χ1v) is 8.93. The maximum absolute atomic E-state index is 12.1. The summed E-state index contributed by atoms with van der Waals surface area (Å²) in [6, 6.07) is 12.2. The standard InChI is InChI=1S/C19H21Cl2N3O2/c1-12(16-9-6-14(20)10-17(16)21)22-11-18(25)23-15-7-4-13(5-8-15)19(26)24(2)3/h4-10,12,22H,11H2,1-3H3,(H,23,25)/p+1/t12-/m0/s1. The highest BCUT2D eigenvalue weighted by atomic mass is 35.5. The molecule has 2 aromatic carbocycles. The van der Waals surface area contributed by atoms with Gasteiger partial charge in [0.2, 0.25) is 0 Å². The van der Waals surface area contributed by atoms with Crippen molar-refractivity contribution in [3.8, 4) is 0 Å². The molecule has 0 aliphatic carbocycles. The highest BCUT2D eigenvalue weighted by Gasteiger charge is 2.15. The summed E-state index contributed by atoms with van der Waals surface area (Å²) in [4.78, 5) is 25.5. The van der Waals surface area contributed by atoms with Crippen LogP contribution in [0.3, 0.4) is 0 Å². The van der Waals surface area contributed by atoms with E-state index in [1.54, 1.807) is 50.5 Å². The fraction of sp³-hybridized carbons (Fsp3) is 0.263. The van der Waals surface area contributed by atoms with Crippen molar-refractivity contribution in [2.75, 3.05) is 26.0 Å². The minimum Gasteiger partial charge on any atom is -0.345 e. The molecule has 2 amide bonds. The molecule has 138 valence electrons. The van der Waals surface area contributed by atoms with Crippen LogP contribution in [0.25, 0.3) is 0 Å². The van der Waals surface area contributed by atoms with E-state index in [4.69, 9.17) is 23.2 Å². The van der Waals surface area contributed by atoms with Crippen LogP contribution in [-0.2, 0) is 4.79 Å². The normalized spacial score (nSPS) is 11.7. The van der Waals surface area contributed by atoms with E-state index in [9.17, 15) is 9.59 Å². The summed E-state index contributed by atoms with van der Waals surface area (Å²) in [6.07, 6.45) is 0. The minimum atomic E-state index is -0.131. The van der Waals surface area contributed by atoms with E-state index in [1.807, 2.05) is 18.3 Å². The van der Waals surface area contributed by atoms with Gasteiger partial charge < -0.3 is 15.5 Å². The van der Waals surface area contributed by atoms with Gasteiger partial charge in [0.25, 0.3) is 11.8 Å². The van der Waals surface area contributed by atoms with E-state index in [2.05, 4.69) is 5.32 Å². The van der Waals surface area contributed by atoms with Crippen molar-refractivity contribution in [1.29, 1.82) is 0 Å². The number of nitrogens with zero attached hydrogens (tertiary/aromatic N) is 1. The van der Waals surface area contributed by atoms with Crippen LogP contribution in [0, 0.1) is 0 Å². The van der Waals surface area contributed by atoms with E-state index >= 15 is 0 Å². The van der Waals surface area contributed by atoms with Gasteiger partial charge in [0, 0.05) is 35.9 Å². The Morgan fingerprint density at radius 2 is 1.77 bits per heavy atom. The van der Waals surface area contributed by atoms with Crippen LogP contribution in [0.5, 0.6) is 0 Å². The summed E-state index contributed by atoms with van der Waals surface area (Å²) in [7, 11) is 3.39. The number of benzene rings is 2. The van der Waals surface area contributed by atoms with Crippen LogP contribution in [0.15, 0.2) is 42.5 Å². The van der Waals surface area contributed by atoms with Gasteiger partial charge in [0.15, 0.2) is 6.54 Å². The Kier molecular flexibility index (Phi) is 7.03. The van der Waals surface area contributed by atoms with Crippen LogP contribution in [-0.4, -0.2) is 37.4 Å². The van der Waals surface area contributed by atoms with Gasteiger partial charge in [-0.3, -0.25) is 9.59 Å². The highest BCUT2D eigenvalue weighted by Crippen LogP contribution is 2.24. The Bertz CT molecular complexity index is 792. The lowest BCUT2D eigenvalue weighted by Crippen LogP contribution is -2.86. The van der Waals surface area contributed by atoms with Gasteiger partial charge in [-0.15, -0.1) is 0 Å². The molecule has 0 fully saturated rings. The van der Waals surface area contributed by atoms with Gasteiger partial charge in [0.1, 0.15) is 6.04 Å². The minimum absolute atomic E-state index is 0.0191. The molecule has 5 nitrogen and oxygen atoms in total. The molecule has 0 saturated carbocycles. The van der Waals surface area contributed by atoms with Crippen LogP contribution >= 0.6 is 23.2 Å². The molecule has 0 saturated heterocycles. The molecule has 0 radical (unpaired) electrons. The fourth-order valence-corrected chi connectivity index (χ4v) is 3.03. The summed E-state index contributed by atoms with van der Waals surface area (Å²) in [6.45, 7) is 2.22. The van der Waals surface area contributed by atoms with Gasteiger partial charge in [-0.25, -0.2) is 0 Å². The molecule has 26 heavy (non-hydrogen) atoms. The van der Waals surface area contributed by atoms with E-state index in [-0.39, 0.29) is 24.4 Å². The Morgan fingerprint density at radius 3 is 2.35 bits per heavy atom. The lowest BCUT2D eigenvalue weighted by atomic mass is 10.1. The summed E-state index contributed by atoms with van der Waals surface area (Å²) >= 11 is 12.1. The number of anilines is 1. The zero-order chi connectivity index (χ0) is 19.3. The average molecular weight is 395 g/mol.